The van der Waals surface area contributed by atoms with Gasteiger partial charge in [-0.1, -0.05) is 31.9 Å². The predicted molar refractivity (Wildman–Crippen MR) is 70.8 cm³/mol. The zero-order valence-corrected chi connectivity index (χ0v) is 10.6. The maximum Gasteiger partial charge on any atom is 0.0383 e. The molecule has 0 bridgehead atoms. The number of nitrogens with zero attached hydrogens (tertiary/aromatic N) is 2. The van der Waals surface area contributed by atoms with Gasteiger partial charge in [0.2, 0.25) is 0 Å². The van der Waals surface area contributed by atoms with E-state index in [4.69, 9.17) is 0 Å². The molecule has 2 heterocycles. The van der Waals surface area contributed by atoms with Crippen LogP contribution in [0.2, 0.25) is 0 Å². The first-order valence-corrected chi connectivity index (χ1v) is 5.56. The summed E-state index contributed by atoms with van der Waals surface area (Å²) in [5.74, 6) is 0. The molecule has 0 aromatic carbocycles. The molecule has 0 saturated carbocycles. The van der Waals surface area contributed by atoms with E-state index in [1.807, 2.05) is 14.1 Å². The molecular weight excluding hydrogens is 196 g/mol. The number of likely N-dealkylation sites (N-methyl/N-ethyl adjacent to an activating group) is 1. The van der Waals surface area contributed by atoms with Crippen molar-refractivity contribution in [2.75, 3.05) is 20.6 Å². The molecule has 2 aliphatic rings. The van der Waals surface area contributed by atoms with Crippen LogP contribution in [0.3, 0.4) is 0 Å². The van der Waals surface area contributed by atoms with Gasteiger partial charge in [-0.25, -0.2) is 0 Å². The Labute approximate surface area is 99.2 Å². The Balaban J connectivity index is 0.000000160. The van der Waals surface area contributed by atoms with Crippen LogP contribution in [0.15, 0.2) is 49.0 Å². The molecule has 2 nitrogen and oxygen atoms in total. The molecule has 0 aliphatic carbocycles. The second-order valence-electron chi connectivity index (χ2n) is 4.54. The lowest BCUT2D eigenvalue weighted by molar-refractivity contribution is 0.498. The lowest BCUT2D eigenvalue weighted by Gasteiger charge is -2.11. The summed E-state index contributed by atoms with van der Waals surface area (Å²) in [6.07, 6.45) is 3.18. The highest BCUT2D eigenvalue weighted by atomic mass is 15.1. The molecule has 16 heavy (non-hydrogen) atoms. The number of hydrogen-bond donors (Lipinski definition) is 0. The van der Waals surface area contributed by atoms with Gasteiger partial charge in [-0.05, 0) is 12.8 Å². The quantitative estimate of drug-likeness (QED) is 0.576. The molecule has 2 rings (SSSR count). The highest BCUT2D eigenvalue weighted by Gasteiger charge is 2.13. The topological polar surface area (TPSA) is 6.48 Å². The Morgan fingerprint density at radius 2 is 1.38 bits per heavy atom. The second kappa shape index (κ2) is 5.06. The monoisotopic (exact) mass is 218 g/mol. The van der Waals surface area contributed by atoms with Crippen LogP contribution >= 0.6 is 0 Å². The molecular formula is C14H22N2. The van der Waals surface area contributed by atoms with Crippen LogP contribution in [-0.4, -0.2) is 30.4 Å². The summed E-state index contributed by atoms with van der Waals surface area (Å²) in [5, 5.41) is 0. The first-order chi connectivity index (χ1) is 7.41. The van der Waals surface area contributed by atoms with Crippen molar-refractivity contribution in [2.45, 2.75) is 19.3 Å². The molecule has 0 unspecified atom stereocenters. The minimum absolute atomic E-state index is 0.997. The normalized spacial score (nSPS) is 20.4. The molecule has 0 amide bonds. The van der Waals surface area contributed by atoms with Crippen LogP contribution < -0.4 is 0 Å². The van der Waals surface area contributed by atoms with Crippen LogP contribution in [0, 0.1) is 0 Å². The Morgan fingerprint density at radius 3 is 1.50 bits per heavy atom. The first-order valence-electron chi connectivity index (χ1n) is 5.56. The van der Waals surface area contributed by atoms with Crippen LogP contribution in [0.1, 0.15) is 19.3 Å². The average molecular weight is 218 g/mol. The van der Waals surface area contributed by atoms with Gasteiger partial charge in [0.05, 0.1) is 0 Å². The third kappa shape index (κ3) is 3.02. The van der Waals surface area contributed by atoms with Crippen molar-refractivity contribution >= 4 is 0 Å². The van der Waals surface area contributed by atoms with E-state index in [1.165, 1.54) is 22.7 Å². The Hall–Kier alpha value is -1.44. The van der Waals surface area contributed by atoms with Crippen molar-refractivity contribution in [2.24, 2.45) is 0 Å². The lowest BCUT2D eigenvalue weighted by atomic mass is 10.2. The first kappa shape index (κ1) is 12.6. The Bertz CT molecular complexity index is 320. The van der Waals surface area contributed by atoms with Gasteiger partial charge in [-0.15, -0.1) is 0 Å². The second-order valence-corrected chi connectivity index (χ2v) is 4.54. The van der Waals surface area contributed by atoms with Crippen molar-refractivity contribution in [3.63, 3.8) is 0 Å². The number of allylic oxidation sites excluding steroid dienone is 3. The Kier molecular flexibility index (Phi) is 3.99. The van der Waals surface area contributed by atoms with E-state index in [0.717, 1.165) is 25.8 Å². The van der Waals surface area contributed by atoms with E-state index in [-0.39, 0.29) is 0 Å². The zero-order valence-electron chi connectivity index (χ0n) is 10.6. The SMILES string of the molecule is C=C1CC(=C)N(C)C1.C=C1CCC(=C)N1C. The lowest BCUT2D eigenvalue weighted by Crippen LogP contribution is -2.08. The summed E-state index contributed by atoms with van der Waals surface area (Å²) in [5.41, 5.74) is 4.84. The van der Waals surface area contributed by atoms with E-state index in [1.54, 1.807) is 0 Å². The summed E-state index contributed by atoms with van der Waals surface area (Å²) < 4.78 is 0. The van der Waals surface area contributed by atoms with Gasteiger partial charge in [-0.2, -0.15) is 0 Å². The fraction of sp³-hybridized carbons (Fsp3) is 0.429. The molecule has 2 aliphatic heterocycles. The number of rotatable bonds is 0. The average Bonchev–Trinajstić information content (AvgIpc) is 2.65. The van der Waals surface area contributed by atoms with E-state index in [9.17, 15) is 0 Å². The van der Waals surface area contributed by atoms with Crippen LogP contribution in [0.25, 0.3) is 0 Å². The third-order valence-corrected chi connectivity index (χ3v) is 3.11. The van der Waals surface area contributed by atoms with Gasteiger partial charge in [0.25, 0.3) is 0 Å². The van der Waals surface area contributed by atoms with Crippen LogP contribution in [0.4, 0.5) is 0 Å². The largest absolute Gasteiger partial charge is 0.374 e. The fourth-order valence-electron chi connectivity index (χ4n) is 1.77. The van der Waals surface area contributed by atoms with Gasteiger partial charge >= 0.3 is 0 Å². The van der Waals surface area contributed by atoms with Crippen LogP contribution in [0.5, 0.6) is 0 Å². The van der Waals surface area contributed by atoms with Crippen molar-refractivity contribution < 1.29 is 0 Å². The fourth-order valence-corrected chi connectivity index (χ4v) is 1.77. The highest BCUT2D eigenvalue weighted by Crippen LogP contribution is 2.24. The summed E-state index contributed by atoms with van der Waals surface area (Å²) in [6.45, 7) is 16.4. The minimum Gasteiger partial charge on any atom is -0.374 e. The van der Waals surface area contributed by atoms with Crippen LogP contribution in [-0.2, 0) is 0 Å². The van der Waals surface area contributed by atoms with Crippen molar-refractivity contribution in [3.8, 4) is 0 Å². The van der Waals surface area contributed by atoms with Gasteiger partial charge in [0.15, 0.2) is 0 Å². The molecule has 2 fully saturated rings. The Morgan fingerprint density at radius 1 is 0.875 bits per heavy atom. The van der Waals surface area contributed by atoms with Gasteiger partial charge in [-0.3, -0.25) is 0 Å². The molecule has 2 heteroatoms. The molecule has 0 radical (unpaired) electrons. The molecule has 0 spiro atoms. The van der Waals surface area contributed by atoms with Crippen molar-refractivity contribution in [3.05, 3.63) is 49.0 Å². The van der Waals surface area contributed by atoms with E-state index < -0.39 is 0 Å². The third-order valence-electron chi connectivity index (χ3n) is 3.11. The van der Waals surface area contributed by atoms with E-state index >= 15 is 0 Å². The molecule has 0 N–H and O–H groups in total. The molecule has 2 saturated heterocycles. The van der Waals surface area contributed by atoms with E-state index in [2.05, 4.69) is 36.1 Å². The van der Waals surface area contributed by atoms with E-state index in [0.29, 0.717) is 0 Å². The van der Waals surface area contributed by atoms with Crippen molar-refractivity contribution in [1.29, 1.82) is 0 Å². The van der Waals surface area contributed by atoms with Gasteiger partial charge < -0.3 is 9.80 Å². The summed E-state index contributed by atoms with van der Waals surface area (Å²) in [4.78, 5) is 4.18. The maximum atomic E-state index is 3.85. The van der Waals surface area contributed by atoms with Crippen molar-refractivity contribution in [1.82, 2.24) is 9.80 Å². The summed E-state index contributed by atoms with van der Waals surface area (Å²) in [6, 6.07) is 0. The summed E-state index contributed by atoms with van der Waals surface area (Å²) in [7, 11) is 4.05. The zero-order chi connectivity index (χ0) is 12.3. The van der Waals surface area contributed by atoms with Gasteiger partial charge in [0, 0.05) is 44.2 Å². The predicted octanol–water partition coefficient (Wildman–Crippen LogP) is 3.13. The maximum absolute atomic E-state index is 3.85. The molecule has 0 aromatic heterocycles. The smallest absolute Gasteiger partial charge is 0.0383 e. The molecule has 0 atom stereocenters. The molecule has 0 aromatic rings. The number of likely N-dealkylation sites (tertiary alicyclic amines) is 2. The molecule has 88 valence electrons. The highest BCUT2D eigenvalue weighted by molar-refractivity contribution is 5.18. The number of hydrogen-bond acceptors (Lipinski definition) is 2. The standard InChI is InChI=1S/2C7H11N/c1-6-4-7(2)8(3)5-6;1-6-4-5-7(2)8(6)3/h2*1-2,4-5H2,3H3. The minimum atomic E-state index is 0.997. The summed E-state index contributed by atoms with van der Waals surface area (Å²) >= 11 is 0. The van der Waals surface area contributed by atoms with Gasteiger partial charge in [0.1, 0.15) is 0 Å².